The van der Waals surface area contributed by atoms with Crippen molar-refractivity contribution in [1.82, 2.24) is 4.90 Å². The summed E-state index contributed by atoms with van der Waals surface area (Å²) in [5, 5.41) is 0. The van der Waals surface area contributed by atoms with Crippen LogP contribution < -0.4 is 4.90 Å². The molecular formula is C24H27IN2O3. The van der Waals surface area contributed by atoms with E-state index in [2.05, 4.69) is 22.6 Å². The Labute approximate surface area is 190 Å². The number of amides is 3. The number of hydrogen-bond acceptors (Lipinski definition) is 3. The standard InChI is InChI=1S/C24H27IN2O3/c25-17-1-3-19(4-2-17)27-21(28)10-20(22(27)29)26(18-5-6-18)23(30)24-11-14-7-15(12-24)9-16(8-14)13-24/h1-4,14-16,18,20H,5-13H2. The lowest BCUT2D eigenvalue weighted by Crippen LogP contribution is -2.58. The molecule has 1 saturated heterocycles. The third-order valence-corrected chi connectivity index (χ3v) is 8.93. The Kier molecular flexibility index (Phi) is 4.35. The molecule has 1 aromatic rings. The predicted octanol–water partition coefficient (Wildman–Crippen LogP) is 4.13. The number of carbonyl (C=O) groups is 3. The molecule has 5 nitrogen and oxygen atoms in total. The second kappa shape index (κ2) is 6.78. The van der Waals surface area contributed by atoms with Crippen molar-refractivity contribution in [2.24, 2.45) is 23.2 Å². The van der Waals surface area contributed by atoms with Crippen molar-refractivity contribution in [3.8, 4) is 0 Å². The molecule has 0 spiro atoms. The molecule has 6 fully saturated rings. The lowest BCUT2D eigenvalue weighted by Gasteiger charge is -2.57. The highest BCUT2D eigenvalue weighted by Crippen LogP contribution is 2.61. The molecule has 7 rings (SSSR count). The molecule has 158 valence electrons. The van der Waals surface area contributed by atoms with Crippen LogP contribution in [0.1, 0.15) is 57.8 Å². The quantitative estimate of drug-likeness (QED) is 0.445. The highest BCUT2D eigenvalue weighted by atomic mass is 127. The average Bonchev–Trinajstić information content (AvgIpc) is 3.48. The second-order valence-electron chi connectivity index (χ2n) is 10.4. The van der Waals surface area contributed by atoms with Gasteiger partial charge < -0.3 is 4.90 Å². The molecule has 30 heavy (non-hydrogen) atoms. The van der Waals surface area contributed by atoms with E-state index in [1.165, 1.54) is 24.2 Å². The van der Waals surface area contributed by atoms with E-state index < -0.39 is 6.04 Å². The van der Waals surface area contributed by atoms with Crippen LogP contribution in [0.4, 0.5) is 5.69 Å². The van der Waals surface area contributed by atoms with Crippen LogP contribution in [0.3, 0.4) is 0 Å². The first kappa shape index (κ1) is 19.3. The van der Waals surface area contributed by atoms with E-state index in [1.54, 1.807) is 0 Å². The minimum atomic E-state index is -0.621. The van der Waals surface area contributed by atoms with Crippen molar-refractivity contribution in [1.29, 1.82) is 0 Å². The van der Waals surface area contributed by atoms with E-state index >= 15 is 0 Å². The summed E-state index contributed by atoms with van der Waals surface area (Å²) in [6.07, 6.45) is 8.90. The van der Waals surface area contributed by atoms with Gasteiger partial charge in [0.1, 0.15) is 6.04 Å². The average molecular weight is 518 g/mol. The van der Waals surface area contributed by atoms with Gasteiger partial charge in [-0.2, -0.15) is 0 Å². The van der Waals surface area contributed by atoms with Gasteiger partial charge in [0.25, 0.3) is 5.91 Å². The number of nitrogens with zero attached hydrogens (tertiary/aromatic N) is 2. The summed E-state index contributed by atoms with van der Waals surface area (Å²) in [6, 6.07) is 6.98. The highest BCUT2D eigenvalue weighted by Gasteiger charge is 2.59. The van der Waals surface area contributed by atoms with Gasteiger partial charge in [0.05, 0.1) is 17.5 Å². The molecule has 1 aliphatic heterocycles. The molecule has 1 atom stereocenters. The summed E-state index contributed by atoms with van der Waals surface area (Å²) >= 11 is 2.21. The van der Waals surface area contributed by atoms with E-state index in [9.17, 15) is 14.4 Å². The first-order valence-corrected chi connectivity index (χ1v) is 12.5. The normalized spacial score (nSPS) is 37.2. The van der Waals surface area contributed by atoms with Crippen molar-refractivity contribution >= 4 is 46.0 Å². The van der Waals surface area contributed by atoms with Crippen molar-refractivity contribution in [3.63, 3.8) is 0 Å². The first-order valence-electron chi connectivity index (χ1n) is 11.4. The molecule has 4 bridgehead atoms. The van der Waals surface area contributed by atoms with Gasteiger partial charge in [0, 0.05) is 9.61 Å². The molecule has 1 aromatic carbocycles. The third kappa shape index (κ3) is 2.96. The molecule has 1 unspecified atom stereocenters. The maximum atomic E-state index is 14.0. The first-order chi connectivity index (χ1) is 14.4. The molecule has 0 radical (unpaired) electrons. The largest absolute Gasteiger partial charge is 0.327 e. The van der Waals surface area contributed by atoms with Crippen LogP contribution in [0.5, 0.6) is 0 Å². The van der Waals surface area contributed by atoms with Crippen LogP contribution >= 0.6 is 22.6 Å². The lowest BCUT2D eigenvalue weighted by molar-refractivity contribution is -0.162. The van der Waals surface area contributed by atoms with Gasteiger partial charge in [0.15, 0.2) is 0 Å². The third-order valence-electron chi connectivity index (χ3n) is 8.21. The molecule has 6 heteroatoms. The predicted molar refractivity (Wildman–Crippen MR) is 121 cm³/mol. The molecule has 5 aliphatic carbocycles. The molecule has 1 heterocycles. The Morgan fingerprint density at radius 3 is 2.07 bits per heavy atom. The zero-order chi connectivity index (χ0) is 20.6. The van der Waals surface area contributed by atoms with Gasteiger partial charge in [-0.05, 0) is 116 Å². The van der Waals surface area contributed by atoms with E-state index in [0.717, 1.165) is 35.7 Å². The van der Waals surface area contributed by atoms with Crippen molar-refractivity contribution in [2.45, 2.75) is 69.9 Å². The van der Waals surface area contributed by atoms with Crippen LogP contribution in [0.2, 0.25) is 0 Å². The van der Waals surface area contributed by atoms with E-state index in [4.69, 9.17) is 0 Å². The van der Waals surface area contributed by atoms with Crippen molar-refractivity contribution in [2.75, 3.05) is 4.90 Å². The summed E-state index contributed by atoms with van der Waals surface area (Å²) < 4.78 is 1.06. The molecule has 5 saturated carbocycles. The van der Waals surface area contributed by atoms with Crippen LogP contribution in [0.25, 0.3) is 0 Å². The van der Waals surface area contributed by atoms with Gasteiger partial charge in [-0.1, -0.05) is 0 Å². The smallest absolute Gasteiger partial charge is 0.257 e. The van der Waals surface area contributed by atoms with Crippen molar-refractivity contribution < 1.29 is 14.4 Å². The Morgan fingerprint density at radius 1 is 0.967 bits per heavy atom. The summed E-state index contributed by atoms with van der Waals surface area (Å²) in [5.41, 5.74) is 0.350. The zero-order valence-electron chi connectivity index (χ0n) is 17.1. The van der Waals surface area contributed by atoms with Gasteiger partial charge >= 0.3 is 0 Å². The fourth-order valence-corrected chi connectivity index (χ4v) is 7.62. The molecular weight excluding hydrogens is 491 g/mol. The minimum absolute atomic E-state index is 0.124. The summed E-state index contributed by atoms with van der Waals surface area (Å²) in [4.78, 5) is 43.5. The van der Waals surface area contributed by atoms with Gasteiger partial charge in [0.2, 0.25) is 11.8 Å². The van der Waals surface area contributed by atoms with Gasteiger partial charge in [-0.25, -0.2) is 4.90 Å². The van der Waals surface area contributed by atoms with E-state index in [0.29, 0.717) is 23.4 Å². The zero-order valence-corrected chi connectivity index (χ0v) is 19.2. The molecule has 0 aromatic heterocycles. The van der Waals surface area contributed by atoms with Crippen molar-refractivity contribution in [3.05, 3.63) is 27.8 Å². The van der Waals surface area contributed by atoms with Gasteiger partial charge in [-0.15, -0.1) is 0 Å². The summed E-state index contributed by atoms with van der Waals surface area (Å²) in [5.74, 6) is 1.85. The topological polar surface area (TPSA) is 57.7 Å². The minimum Gasteiger partial charge on any atom is -0.327 e. The van der Waals surface area contributed by atoms with E-state index in [-0.39, 0.29) is 35.6 Å². The SMILES string of the molecule is O=C1CC(N(C(=O)C23CC4CC(CC(C4)C2)C3)C2CC2)C(=O)N1c1ccc(I)cc1. The Morgan fingerprint density at radius 2 is 1.53 bits per heavy atom. The number of imide groups is 1. The second-order valence-corrected chi connectivity index (χ2v) is 11.7. The maximum absolute atomic E-state index is 14.0. The number of anilines is 1. The number of halogens is 1. The fourth-order valence-electron chi connectivity index (χ4n) is 7.26. The molecule has 3 amide bonds. The van der Waals surface area contributed by atoms with Gasteiger partial charge in [-0.3, -0.25) is 14.4 Å². The Balaban J connectivity index is 1.30. The van der Waals surface area contributed by atoms with E-state index in [1.807, 2.05) is 29.2 Å². The number of benzene rings is 1. The molecule has 0 N–H and O–H groups in total. The highest BCUT2D eigenvalue weighted by molar-refractivity contribution is 14.1. The number of hydrogen-bond donors (Lipinski definition) is 0. The van der Waals surface area contributed by atoms with Crippen LogP contribution in [-0.4, -0.2) is 34.7 Å². The number of carbonyl (C=O) groups excluding carboxylic acids is 3. The summed E-state index contributed by atoms with van der Waals surface area (Å²) in [6.45, 7) is 0. The van der Waals surface area contributed by atoms with Crippen LogP contribution in [0, 0.1) is 26.7 Å². The van der Waals surface area contributed by atoms with Crippen LogP contribution in [0.15, 0.2) is 24.3 Å². The fraction of sp³-hybridized carbons (Fsp3) is 0.625. The van der Waals surface area contributed by atoms with Crippen LogP contribution in [-0.2, 0) is 14.4 Å². The lowest BCUT2D eigenvalue weighted by atomic mass is 9.49. The molecule has 6 aliphatic rings. The maximum Gasteiger partial charge on any atom is 0.257 e. The summed E-state index contributed by atoms with van der Waals surface area (Å²) in [7, 11) is 0. The monoisotopic (exact) mass is 518 g/mol. The number of rotatable bonds is 4. The Hall–Kier alpha value is -1.44. The Bertz CT molecular complexity index is 888.